The lowest BCUT2D eigenvalue weighted by Crippen LogP contribution is -2.62. The van der Waals surface area contributed by atoms with Crippen LogP contribution in [0.3, 0.4) is 0 Å². The van der Waals surface area contributed by atoms with Crippen LogP contribution < -0.4 is 31.1 Å². The fraction of sp³-hybridized carbons (Fsp3) is 0.344. The summed E-state index contributed by atoms with van der Waals surface area (Å²) in [5.74, 6) is 0. The number of nitrogens with zero attached hydrogens (tertiary/aromatic N) is 3. The van der Waals surface area contributed by atoms with E-state index in [0.717, 1.165) is 81.5 Å². The summed E-state index contributed by atoms with van der Waals surface area (Å²) in [6.45, 7) is 27.9. The molecule has 0 aromatic heterocycles. The highest BCUT2D eigenvalue weighted by atomic mass is 15.2. The highest BCUT2D eigenvalue weighted by Crippen LogP contribution is 2.55. The number of aryl methyl sites for hydroxylation is 3. The molecule has 3 nitrogen and oxygen atoms in total. The van der Waals surface area contributed by atoms with Crippen molar-refractivity contribution in [2.75, 3.05) is 14.7 Å². The van der Waals surface area contributed by atoms with Crippen LogP contribution in [-0.2, 0) is 27.1 Å². The standard InChI is InChI=1S/C64H70BN3/c1-40-31-57-59-58(32-40)68(55-37-50-47(34-42(55)3)63(11,12)39-64(50,13)14)54-28-26-46(66(44-21-17-15-18-22-44)45-23-19-16-20-24-45)35-51(54)65(59)52-36-48-49(62(9,10)30-29-61(48,7)8)38-56(52)67(57)53-27-25-43(33-41(53)2)60(4,5)6/h15-28,31-38H,29-30,39H2,1-14H3/i1D3. The molecule has 7 aromatic rings. The molecular formula is C64H70BN3. The molecule has 0 fully saturated rings. The van der Waals surface area contributed by atoms with Gasteiger partial charge in [0.15, 0.2) is 0 Å². The van der Waals surface area contributed by atoms with Gasteiger partial charge in [-0.3, -0.25) is 0 Å². The van der Waals surface area contributed by atoms with Crippen molar-refractivity contribution in [3.8, 4) is 0 Å². The molecule has 0 unspecified atom stereocenters. The third-order valence-corrected chi connectivity index (χ3v) is 16.5. The maximum Gasteiger partial charge on any atom is 0.252 e. The molecule has 68 heavy (non-hydrogen) atoms. The first kappa shape index (κ1) is 41.0. The number of para-hydroxylation sites is 2. The van der Waals surface area contributed by atoms with E-state index in [1.165, 1.54) is 44.3 Å². The summed E-state index contributed by atoms with van der Waals surface area (Å²) in [5.41, 5.74) is 22.3. The summed E-state index contributed by atoms with van der Waals surface area (Å²) >= 11 is 0. The summed E-state index contributed by atoms with van der Waals surface area (Å²) in [4.78, 5) is 7.27. The van der Waals surface area contributed by atoms with Gasteiger partial charge in [0, 0.05) is 55.3 Å². The van der Waals surface area contributed by atoms with Crippen molar-refractivity contribution in [1.82, 2.24) is 0 Å². The number of hydrogen-bond acceptors (Lipinski definition) is 3. The van der Waals surface area contributed by atoms with Crippen LogP contribution in [0, 0.1) is 20.7 Å². The Labute approximate surface area is 412 Å². The SMILES string of the molecule is [2H]C([2H])([2H])c1cc2c3c(c1)N(c1ccc(C(C)(C)C)cc1C)c1cc4c(cc1B3c1cc(N(c3ccccc3)c3ccccc3)ccc1N2c1cc2c(cc1C)C(C)(C)CC2(C)C)C(C)(C)CCC4(C)C. The van der Waals surface area contributed by atoms with Gasteiger partial charge in [0.1, 0.15) is 0 Å². The quantitative estimate of drug-likeness (QED) is 0.159. The third kappa shape index (κ3) is 6.82. The predicted molar refractivity (Wildman–Crippen MR) is 294 cm³/mol. The molecule has 344 valence electrons. The molecule has 0 radical (unpaired) electrons. The predicted octanol–water partition coefficient (Wildman–Crippen LogP) is 15.8. The molecule has 4 heteroatoms. The Morgan fingerprint density at radius 2 is 0.985 bits per heavy atom. The summed E-state index contributed by atoms with van der Waals surface area (Å²) in [6, 6.07) is 49.4. The second-order valence-corrected chi connectivity index (χ2v) is 24.4. The van der Waals surface area contributed by atoms with Gasteiger partial charge in [0.05, 0.1) is 0 Å². The highest BCUT2D eigenvalue weighted by Gasteiger charge is 2.48. The molecule has 0 N–H and O–H groups in total. The first-order valence-electron chi connectivity index (χ1n) is 26.6. The first-order chi connectivity index (χ1) is 33.3. The van der Waals surface area contributed by atoms with Crippen molar-refractivity contribution in [2.45, 2.75) is 143 Å². The lowest BCUT2D eigenvalue weighted by molar-refractivity contribution is 0.332. The van der Waals surface area contributed by atoms with Crippen molar-refractivity contribution in [3.63, 3.8) is 0 Å². The van der Waals surface area contributed by atoms with Gasteiger partial charge in [0.2, 0.25) is 0 Å². The molecular weight excluding hydrogens is 822 g/mol. The molecule has 0 spiro atoms. The van der Waals surface area contributed by atoms with E-state index in [-0.39, 0.29) is 33.8 Å². The molecule has 0 bridgehead atoms. The van der Waals surface area contributed by atoms with E-state index < -0.39 is 6.85 Å². The Bertz CT molecular complexity index is 3260. The molecule has 7 aromatic carbocycles. The first-order valence-corrected chi connectivity index (χ1v) is 25.1. The van der Waals surface area contributed by atoms with Gasteiger partial charge in [-0.15, -0.1) is 0 Å². The smallest absolute Gasteiger partial charge is 0.252 e. The van der Waals surface area contributed by atoms with Gasteiger partial charge in [-0.2, -0.15) is 0 Å². The van der Waals surface area contributed by atoms with Crippen molar-refractivity contribution in [2.24, 2.45) is 0 Å². The zero-order chi connectivity index (χ0) is 50.5. The molecule has 0 saturated carbocycles. The molecule has 0 amide bonds. The third-order valence-electron chi connectivity index (χ3n) is 16.5. The van der Waals surface area contributed by atoms with Gasteiger partial charge in [0.25, 0.3) is 6.71 Å². The molecule has 0 atom stereocenters. The molecule has 4 aliphatic rings. The second-order valence-electron chi connectivity index (χ2n) is 24.4. The Hall–Kier alpha value is -6.00. The Morgan fingerprint density at radius 3 is 1.56 bits per heavy atom. The van der Waals surface area contributed by atoms with Crippen LogP contribution in [0.1, 0.15) is 144 Å². The van der Waals surface area contributed by atoms with Crippen LogP contribution >= 0.6 is 0 Å². The van der Waals surface area contributed by atoms with Gasteiger partial charge in [-0.1, -0.05) is 137 Å². The van der Waals surface area contributed by atoms with Crippen molar-refractivity contribution < 1.29 is 4.11 Å². The summed E-state index contributed by atoms with van der Waals surface area (Å²) in [6.07, 6.45) is 3.23. The zero-order valence-corrected chi connectivity index (χ0v) is 42.7. The van der Waals surface area contributed by atoms with E-state index in [1.807, 2.05) is 12.1 Å². The average molecular weight is 895 g/mol. The van der Waals surface area contributed by atoms with Crippen LogP contribution in [0.25, 0.3) is 0 Å². The van der Waals surface area contributed by atoms with Crippen molar-refractivity contribution >= 4 is 74.3 Å². The number of rotatable bonds is 5. The number of fused-ring (bicyclic) bond motifs is 6. The van der Waals surface area contributed by atoms with Crippen molar-refractivity contribution in [3.05, 3.63) is 178 Å². The molecule has 0 saturated heterocycles. The van der Waals surface area contributed by atoms with Gasteiger partial charge < -0.3 is 14.7 Å². The highest BCUT2D eigenvalue weighted by molar-refractivity contribution is 7.00. The molecule has 2 aliphatic carbocycles. The summed E-state index contributed by atoms with van der Waals surface area (Å²) in [5, 5.41) is 0. The van der Waals surface area contributed by atoms with E-state index in [0.29, 0.717) is 5.56 Å². The lowest BCUT2D eigenvalue weighted by atomic mass is 9.33. The van der Waals surface area contributed by atoms with Crippen LogP contribution in [0.2, 0.25) is 0 Å². The normalized spacial score (nSPS) is 18.6. The minimum absolute atomic E-state index is 0.0205. The Morgan fingerprint density at radius 1 is 0.485 bits per heavy atom. The molecule has 2 heterocycles. The molecule has 2 aliphatic heterocycles. The summed E-state index contributed by atoms with van der Waals surface area (Å²) in [7, 11) is 0. The average Bonchev–Trinajstić information content (AvgIpc) is 3.48. The monoisotopic (exact) mass is 895 g/mol. The fourth-order valence-electron chi connectivity index (χ4n) is 13.0. The van der Waals surface area contributed by atoms with Crippen molar-refractivity contribution in [1.29, 1.82) is 0 Å². The van der Waals surface area contributed by atoms with Gasteiger partial charge in [-0.05, 0) is 201 Å². The number of anilines is 9. The van der Waals surface area contributed by atoms with Crippen LogP contribution in [0.5, 0.6) is 0 Å². The largest absolute Gasteiger partial charge is 0.311 e. The van der Waals surface area contributed by atoms with Crippen LogP contribution in [-0.4, -0.2) is 6.71 Å². The minimum atomic E-state index is -2.37. The van der Waals surface area contributed by atoms with E-state index in [1.54, 1.807) is 0 Å². The summed E-state index contributed by atoms with van der Waals surface area (Å²) < 4.78 is 27.6. The number of hydrogen-bond donors (Lipinski definition) is 0. The van der Waals surface area contributed by atoms with E-state index in [9.17, 15) is 4.11 Å². The Balaban J connectivity index is 1.29. The van der Waals surface area contributed by atoms with E-state index >= 15 is 0 Å². The maximum absolute atomic E-state index is 9.19. The van der Waals surface area contributed by atoms with E-state index in [2.05, 4.69) is 226 Å². The molecule has 11 rings (SSSR count). The van der Waals surface area contributed by atoms with Gasteiger partial charge in [-0.25, -0.2) is 0 Å². The minimum Gasteiger partial charge on any atom is -0.311 e. The maximum atomic E-state index is 9.19. The second kappa shape index (κ2) is 15.0. The topological polar surface area (TPSA) is 9.72 Å². The zero-order valence-electron chi connectivity index (χ0n) is 45.7. The lowest BCUT2D eigenvalue weighted by Gasteiger charge is -2.48. The van der Waals surface area contributed by atoms with Crippen LogP contribution in [0.15, 0.2) is 133 Å². The number of benzene rings is 7. The van der Waals surface area contributed by atoms with Gasteiger partial charge >= 0.3 is 0 Å². The van der Waals surface area contributed by atoms with E-state index in [4.69, 9.17) is 0 Å². The Kier molecular flexibility index (Phi) is 9.05. The van der Waals surface area contributed by atoms with Crippen LogP contribution in [0.4, 0.5) is 51.2 Å². The fourth-order valence-corrected chi connectivity index (χ4v) is 13.0.